The molecule has 0 aromatic heterocycles. The Morgan fingerprint density at radius 2 is 1.90 bits per heavy atom. The monoisotopic (exact) mass is 573 g/mol. The second-order valence-electron chi connectivity index (χ2n) is 12.8. The zero-order chi connectivity index (χ0) is 30.0. The Hall–Kier alpha value is -3.22. The molecule has 4 N–H and O–H groups in total. The number of fused-ring (bicyclic) bond motifs is 2. The molecule has 2 aromatic rings. The summed E-state index contributed by atoms with van der Waals surface area (Å²) in [6.07, 6.45) is 0.648. The van der Waals surface area contributed by atoms with Crippen molar-refractivity contribution in [2.24, 2.45) is 29.1 Å². The molecular formula is C34H43N3O5. The fraction of sp³-hybridized carbons (Fsp3) is 0.529. The van der Waals surface area contributed by atoms with Gasteiger partial charge in [0, 0.05) is 23.1 Å². The van der Waals surface area contributed by atoms with Gasteiger partial charge in [-0.1, -0.05) is 62.9 Å². The van der Waals surface area contributed by atoms with Crippen LogP contribution in [0.4, 0.5) is 0 Å². The van der Waals surface area contributed by atoms with E-state index in [0.717, 1.165) is 17.5 Å². The predicted octanol–water partition coefficient (Wildman–Crippen LogP) is 3.13. The topological polar surface area (TPSA) is 111 Å². The van der Waals surface area contributed by atoms with Gasteiger partial charge in [0.2, 0.25) is 5.91 Å². The van der Waals surface area contributed by atoms with Crippen molar-refractivity contribution in [3.05, 3.63) is 71.3 Å². The molecular weight excluding hydrogens is 530 g/mol. The Bertz CT molecular complexity index is 1330. The first kappa shape index (κ1) is 30.2. The van der Waals surface area contributed by atoms with E-state index in [1.165, 1.54) is 6.42 Å². The van der Waals surface area contributed by atoms with E-state index in [0.29, 0.717) is 28.7 Å². The molecule has 0 radical (unpaired) electrons. The molecule has 42 heavy (non-hydrogen) atoms. The molecule has 1 unspecified atom stereocenters. The summed E-state index contributed by atoms with van der Waals surface area (Å²) < 4.78 is 0. The number of benzene rings is 2. The molecule has 3 saturated carbocycles. The molecule has 2 amide bonds. The minimum absolute atomic E-state index is 0.0833. The van der Waals surface area contributed by atoms with Crippen molar-refractivity contribution in [1.82, 2.24) is 15.7 Å². The van der Waals surface area contributed by atoms with Crippen LogP contribution in [-0.2, 0) is 16.2 Å². The molecule has 3 aliphatic carbocycles. The highest BCUT2D eigenvalue weighted by Crippen LogP contribution is 2.61. The van der Waals surface area contributed by atoms with Crippen LogP contribution in [0.3, 0.4) is 0 Å². The number of hydroxylamine groups is 2. The van der Waals surface area contributed by atoms with Gasteiger partial charge in [0.25, 0.3) is 5.91 Å². The van der Waals surface area contributed by atoms with Crippen LogP contribution in [0, 0.1) is 40.9 Å². The molecule has 4 fully saturated rings. The number of carbonyl (C=O) groups excluding carboxylic acids is 2. The van der Waals surface area contributed by atoms with E-state index in [9.17, 15) is 19.8 Å². The average molecular weight is 574 g/mol. The van der Waals surface area contributed by atoms with Gasteiger partial charge in [0.15, 0.2) is 0 Å². The number of rotatable bonds is 8. The van der Waals surface area contributed by atoms with Crippen molar-refractivity contribution < 1.29 is 24.6 Å². The minimum Gasteiger partial charge on any atom is -0.394 e. The molecule has 2 aromatic carbocycles. The first-order valence-electron chi connectivity index (χ1n) is 15.0. The fourth-order valence-electron chi connectivity index (χ4n) is 7.37. The minimum atomic E-state index is -0.845. The quantitative estimate of drug-likeness (QED) is 0.361. The van der Waals surface area contributed by atoms with E-state index < -0.39 is 24.2 Å². The molecule has 8 nitrogen and oxygen atoms in total. The van der Waals surface area contributed by atoms with Crippen molar-refractivity contribution in [2.45, 2.75) is 71.4 Å². The predicted molar refractivity (Wildman–Crippen MR) is 160 cm³/mol. The van der Waals surface area contributed by atoms with Gasteiger partial charge in [-0.3, -0.25) is 14.4 Å². The van der Waals surface area contributed by atoms with E-state index in [2.05, 4.69) is 43.2 Å². The van der Waals surface area contributed by atoms with Crippen LogP contribution in [0.25, 0.3) is 0 Å². The summed E-state index contributed by atoms with van der Waals surface area (Å²) in [6, 6.07) is 16.0. The lowest BCUT2D eigenvalue weighted by Crippen LogP contribution is -2.62. The maximum absolute atomic E-state index is 13.8. The summed E-state index contributed by atoms with van der Waals surface area (Å²) in [4.78, 5) is 32.2. The third kappa shape index (κ3) is 6.11. The van der Waals surface area contributed by atoms with Crippen LogP contribution in [0.15, 0.2) is 54.6 Å². The number of aliphatic hydroxyl groups excluding tert-OH is 2. The maximum Gasteiger partial charge on any atom is 0.252 e. The molecule has 1 heterocycles. The van der Waals surface area contributed by atoms with Crippen LogP contribution in [-0.4, -0.2) is 64.5 Å². The number of amides is 2. The largest absolute Gasteiger partial charge is 0.394 e. The van der Waals surface area contributed by atoms with Gasteiger partial charge in [-0.15, -0.1) is 0 Å². The molecule has 2 bridgehead atoms. The summed E-state index contributed by atoms with van der Waals surface area (Å²) in [7, 11) is 0. The van der Waals surface area contributed by atoms with Gasteiger partial charge >= 0.3 is 0 Å². The van der Waals surface area contributed by atoms with Gasteiger partial charge < -0.3 is 20.8 Å². The van der Waals surface area contributed by atoms with Crippen molar-refractivity contribution in [3.8, 4) is 11.8 Å². The molecule has 0 spiro atoms. The molecule has 6 rings (SSSR count). The SMILES string of the molecule is C[C@H](O)[C@@H]1[C@H](CO)ON(Cc2cccc(C#CCNC(=O)c3ccccc3)c2)[C@@H]1C(=O)N[C@H]1C[C@H]2CC([C@@H]1C)C2(C)C. The van der Waals surface area contributed by atoms with Crippen LogP contribution in [0.1, 0.15) is 62.0 Å². The molecule has 8 atom stereocenters. The van der Waals surface area contributed by atoms with E-state index in [-0.39, 0.29) is 37.6 Å². The number of aliphatic hydroxyl groups is 2. The Labute approximate surface area is 248 Å². The summed E-state index contributed by atoms with van der Waals surface area (Å²) in [5, 5.41) is 28.4. The Morgan fingerprint density at radius 1 is 1.14 bits per heavy atom. The molecule has 4 aliphatic rings. The van der Waals surface area contributed by atoms with Crippen LogP contribution < -0.4 is 10.6 Å². The first-order chi connectivity index (χ1) is 20.1. The van der Waals surface area contributed by atoms with Crippen molar-refractivity contribution in [3.63, 3.8) is 0 Å². The van der Waals surface area contributed by atoms with Gasteiger partial charge in [-0.05, 0) is 72.8 Å². The van der Waals surface area contributed by atoms with Crippen molar-refractivity contribution >= 4 is 11.8 Å². The highest BCUT2D eigenvalue weighted by molar-refractivity contribution is 5.94. The summed E-state index contributed by atoms with van der Waals surface area (Å²) in [5.41, 5.74) is 2.55. The van der Waals surface area contributed by atoms with Gasteiger partial charge in [-0.25, -0.2) is 0 Å². The second kappa shape index (κ2) is 12.6. The first-order valence-corrected chi connectivity index (χ1v) is 15.0. The number of hydrogen-bond donors (Lipinski definition) is 4. The fourth-order valence-corrected chi connectivity index (χ4v) is 7.37. The van der Waals surface area contributed by atoms with Crippen molar-refractivity contribution in [1.29, 1.82) is 0 Å². The second-order valence-corrected chi connectivity index (χ2v) is 12.8. The lowest BCUT2D eigenvalue weighted by Gasteiger charge is -2.62. The highest BCUT2D eigenvalue weighted by Gasteiger charge is 2.57. The molecule has 8 heteroatoms. The summed E-state index contributed by atoms with van der Waals surface area (Å²) in [5.74, 6) is 6.73. The Balaban J connectivity index is 1.26. The summed E-state index contributed by atoms with van der Waals surface area (Å²) >= 11 is 0. The van der Waals surface area contributed by atoms with E-state index >= 15 is 0 Å². The van der Waals surface area contributed by atoms with Gasteiger partial charge in [0.1, 0.15) is 12.1 Å². The van der Waals surface area contributed by atoms with Crippen molar-refractivity contribution in [2.75, 3.05) is 13.2 Å². The van der Waals surface area contributed by atoms with Crippen LogP contribution in [0.2, 0.25) is 0 Å². The van der Waals surface area contributed by atoms with Gasteiger partial charge in [-0.2, -0.15) is 5.06 Å². The standard InChI is InChI=1S/C34H43N3O5/c1-21-27-17-26(34(27,3)4)18-28(21)36-33(41)31-30(22(2)39)29(20-38)42-37(31)19-24-11-8-10-23(16-24)12-9-15-35-32(40)25-13-6-5-7-14-25/h5-8,10-11,13-14,16,21-22,26-31,38-39H,15,17-20H2,1-4H3,(H,35,40)(H,36,41)/t21-,22-,26+,27?,28-,29-,30+,31-/m0/s1. The number of carbonyl (C=O) groups is 2. The smallest absolute Gasteiger partial charge is 0.252 e. The van der Waals surface area contributed by atoms with E-state index in [1.54, 1.807) is 24.1 Å². The van der Waals surface area contributed by atoms with Gasteiger partial charge in [0.05, 0.1) is 25.8 Å². The molecule has 1 saturated heterocycles. The lowest BCUT2D eigenvalue weighted by molar-refractivity contribution is -0.183. The average Bonchev–Trinajstić information content (AvgIpc) is 3.35. The normalized spacial score (nSPS) is 30.4. The number of hydrogen-bond acceptors (Lipinski definition) is 6. The Morgan fingerprint density at radius 3 is 2.57 bits per heavy atom. The third-order valence-corrected chi connectivity index (χ3v) is 9.93. The maximum atomic E-state index is 13.8. The zero-order valence-corrected chi connectivity index (χ0v) is 24.9. The van der Waals surface area contributed by atoms with E-state index in [4.69, 9.17) is 4.84 Å². The highest BCUT2D eigenvalue weighted by atomic mass is 16.7. The Kier molecular flexibility index (Phi) is 9.05. The molecule has 1 aliphatic heterocycles. The molecule has 224 valence electrons. The van der Waals surface area contributed by atoms with E-state index in [1.807, 2.05) is 42.5 Å². The number of nitrogens with one attached hydrogen (secondary N) is 2. The lowest BCUT2D eigenvalue weighted by atomic mass is 9.45. The number of nitrogens with zero attached hydrogens (tertiary/aromatic N) is 1. The summed E-state index contributed by atoms with van der Waals surface area (Å²) in [6.45, 7) is 8.75. The van der Waals surface area contributed by atoms with Crippen LogP contribution >= 0.6 is 0 Å². The third-order valence-electron chi connectivity index (χ3n) is 9.93. The van der Waals surface area contributed by atoms with Crippen LogP contribution in [0.5, 0.6) is 0 Å². The zero-order valence-electron chi connectivity index (χ0n) is 24.9.